The van der Waals surface area contributed by atoms with E-state index in [0.717, 1.165) is 17.8 Å². The number of nitrogens with zero attached hydrogens (tertiary/aromatic N) is 3. The number of anilines is 1. The normalized spacial score (nSPS) is 14.1. The van der Waals surface area contributed by atoms with Crippen molar-refractivity contribution in [3.8, 4) is 17.2 Å². The number of carbonyl (C=O) groups is 2. The lowest BCUT2D eigenvalue weighted by molar-refractivity contribution is 0.0535. The van der Waals surface area contributed by atoms with Crippen molar-refractivity contribution in [3.63, 3.8) is 0 Å². The third-order valence-electron chi connectivity index (χ3n) is 4.80. The summed E-state index contributed by atoms with van der Waals surface area (Å²) < 4.78 is 0. The summed E-state index contributed by atoms with van der Waals surface area (Å²) in [5.74, 6) is -2.24. The first-order valence-corrected chi connectivity index (χ1v) is 8.89. The van der Waals surface area contributed by atoms with Crippen LogP contribution in [0, 0.1) is 0 Å². The molecule has 1 heterocycles. The number of aromatic hydroxyl groups is 3. The van der Waals surface area contributed by atoms with Crippen LogP contribution in [0.1, 0.15) is 20.7 Å². The van der Waals surface area contributed by atoms with Crippen LogP contribution in [-0.2, 0) is 0 Å². The van der Waals surface area contributed by atoms with E-state index in [0.29, 0.717) is 31.7 Å². The number of rotatable bonds is 3. The van der Waals surface area contributed by atoms with Crippen molar-refractivity contribution < 1.29 is 24.9 Å². The zero-order chi connectivity index (χ0) is 20.4. The molecule has 1 aliphatic rings. The predicted octanol–water partition coefficient (Wildman–Crippen LogP) is 1.47. The van der Waals surface area contributed by atoms with Gasteiger partial charge in [-0.3, -0.25) is 9.59 Å². The molecule has 28 heavy (non-hydrogen) atoms. The van der Waals surface area contributed by atoms with Crippen LogP contribution in [0.25, 0.3) is 0 Å². The van der Waals surface area contributed by atoms with E-state index >= 15 is 0 Å². The number of benzene rings is 2. The minimum Gasteiger partial charge on any atom is -0.504 e. The molecular weight excluding hydrogens is 362 g/mol. The fraction of sp³-hybridized carbons (Fsp3) is 0.300. The van der Waals surface area contributed by atoms with Crippen molar-refractivity contribution in [2.24, 2.45) is 0 Å². The molecule has 3 N–H and O–H groups in total. The van der Waals surface area contributed by atoms with Crippen LogP contribution in [0.2, 0.25) is 0 Å². The Bertz CT molecular complexity index is 864. The first-order chi connectivity index (χ1) is 13.3. The largest absolute Gasteiger partial charge is 0.504 e. The van der Waals surface area contributed by atoms with Gasteiger partial charge in [-0.1, -0.05) is 0 Å². The highest BCUT2D eigenvalue weighted by Crippen LogP contribution is 2.35. The standard InChI is InChI=1S/C20H23N3O5/c1-21(2)15-5-3-13(4-6-15)19(27)22-7-9-23(10-8-22)20(28)14-11-16(24)18(26)17(25)12-14/h3-6,11-12,24-26H,7-10H2,1-2H3. The molecule has 148 valence electrons. The maximum atomic E-state index is 12.7. The lowest BCUT2D eigenvalue weighted by Crippen LogP contribution is -2.50. The van der Waals surface area contributed by atoms with Crippen LogP contribution in [-0.4, -0.2) is 77.2 Å². The summed E-state index contributed by atoms with van der Waals surface area (Å²) in [7, 11) is 3.86. The Kier molecular flexibility index (Phi) is 5.30. The molecule has 0 atom stereocenters. The average molecular weight is 385 g/mol. The summed E-state index contributed by atoms with van der Waals surface area (Å²) in [6.45, 7) is 1.44. The smallest absolute Gasteiger partial charge is 0.254 e. The van der Waals surface area contributed by atoms with Gasteiger partial charge in [-0.2, -0.15) is 0 Å². The second kappa shape index (κ2) is 7.67. The summed E-state index contributed by atoms with van der Waals surface area (Å²) in [6.07, 6.45) is 0. The van der Waals surface area contributed by atoms with Crippen LogP contribution in [0.4, 0.5) is 5.69 Å². The van der Waals surface area contributed by atoms with Crippen LogP contribution in [0.5, 0.6) is 17.2 Å². The van der Waals surface area contributed by atoms with E-state index in [9.17, 15) is 24.9 Å². The Balaban J connectivity index is 1.64. The highest BCUT2D eigenvalue weighted by atomic mass is 16.3. The van der Waals surface area contributed by atoms with Gasteiger partial charge in [0.25, 0.3) is 11.8 Å². The third kappa shape index (κ3) is 3.80. The molecule has 2 aromatic carbocycles. The summed E-state index contributed by atoms with van der Waals surface area (Å²) >= 11 is 0. The van der Waals surface area contributed by atoms with Gasteiger partial charge in [0.15, 0.2) is 17.2 Å². The van der Waals surface area contributed by atoms with Gasteiger partial charge in [0.2, 0.25) is 0 Å². The van der Waals surface area contributed by atoms with Gasteiger partial charge in [0.05, 0.1) is 0 Å². The maximum Gasteiger partial charge on any atom is 0.254 e. The second-order valence-corrected chi connectivity index (χ2v) is 6.89. The van der Waals surface area contributed by atoms with Crippen molar-refractivity contribution >= 4 is 17.5 Å². The minimum absolute atomic E-state index is 0.0758. The molecule has 0 spiro atoms. The van der Waals surface area contributed by atoms with Crippen LogP contribution >= 0.6 is 0 Å². The molecule has 1 fully saturated rings. The van der Waals surface area contributed by atoms with Crippen LogP contribution < -0.4 is 4.90 Å². The molecule has 8 nitrogen and oxygen atoms in total. The number of piperazine rings is 1. The molecule has 0 bridgehead atoms. The highest BCUT2D eigenvalue weighted by Gasteiger charge is 2.26. The van der Waals surface area contributed by atoms with E-state index in [1.807, 2.05) is 31.1 Å². The summed E-state index contributed by atoms with van der Waals surface area (Å²) in [6, 6.07) is 9.57. The number of carbonyl (C=O) groups excluding carboxylic acids is 2. The maximum absolute atomic E-state index is 12.7. The van der Waals surface area contributed by atoms with Gasteiger partial charge in [-0.25, -0.2) is 0 Å². The van der Waals surface area contributed by atoms with Crippen molar-refractivity contribution in [3.05, 3.63) is 47.5 Å². The molecule has 0 unspecified atom stereocenters. The molecule has 1 saturated heterocycles. The summed E-state index contributed by atoms with van der Waals surface area (Å²) in [5, 5.41) is 28.6. The molecule has 3 rings (SSSR count). The fourth-order valence-corrected chi connectivity index (χ4v) is 3.11. The summed E-state index contributed by atoms with van der Waals surface area (Å²) in [5.41, 5.74) is 1.68. The molecule has 8 heteroatoms. The second-order valence-electron chi connectivity index (χ2n) is 6.89. The van der Waals surface area contributed by atoms with Gasteiger partial charge in [-0.05, 0) is 36.4 Å². The Labute approximate surface area is 162 Å². The van der Waals surface area contributed by atoms with Gasteiger partial charge in [-0.15, -0.1) is 0 Å². The van der Waals surface area contributed by atoms with Crippen molar-refractivity contribution in [1.29, 1.82) is 0 Å². The molecule has 1 aliphatic heterocycles. The quantitative estimate of drug-likeness (QED) is 0.691. The van der Waals surface area contributed by atoms with E-state index in [1.165, 1.54) is 0 Å². The SMILES string of the molecule is CN(C)c1ccc(C(=O)N2CCN(C(=O)c3cc(O)c(O)c(O)c3)CC2)cc1. The number of hydrogen-bond acceptors (Lipinski definition) is 6. The molecule has 0 saturated carbocycles. The zero-order valence-corrected chi connectivity index (χ0v) is 15.8. The summed E-state index contributed by atoms with van der Waals surface area (Å²) in [4.78, 5) is 30.4. The van der Waals surface area contributed by atoms with Crippen LogP contribution in [0.3, 0.4) is 0 Å². The third-order valence-corrected chi connectivity index (χ3v) is 4.80. The Hall–Kier alpha value is -3.42. The Morgan fingerprint density at radius 3 is 1.64 bits per heavy atom. The molecule has 2 amide bonds. The number of phenols is 3. The van der Waals surface area contributed by atoms with Gasteiger partial charge in [0, 0.05) is 57.1 Å². The van der Waals surface area contributed by atoms with Gasteiger partial charge in [0.1, 0.15) is 0 Å². The van der Waals surface area contributed by atoms with Gasteiger partial charge < -0.3 is 30.0 Å². The molecular formula is C20H23N3O5. The Morgan fingerprint density at radius 1 is 0.786 bits per heavy atom. The van der Waals surface area contributed by atoms with Crippen LogP contribution in [0.15, 0.2) is 36.4 Å². The lowest BCUT2D eigenvalue weighted by atomic mass is 10.1. The van der Waals surface area contributed by atoms with Gasteiger partial charge >= 0.3 is 0 Å². The monoisotopic (exact) mass is 385 g/mol. The van der Waals surface area contributed by atoms with E-state index in [4.69, 9.17) is 0 Å². The van der Waals surface area contributed by atoms with E-state index in [2.05, 4.69) is 0 Å². The molecule has 2 aromatic rings. The highest BCUT2D eigenvalue weighted by molar-refractivity contribution is 5.97. The van der Waals surface area contributed by atoms with E-state index < -0.39 is 17.2 Å². The Morgan fingerprint density at radius 2 is 1.21 bits per heavy atom. The van der Waals surface area contributed by atoms with Crippen molar-refractivity contribution in [2.45, 2.75) is 0 Å². The number of amides is 2. The number of hydrogen-bond donors (Lipinski definition) is 3. The predicted molar refractivity (Wildman–Crippen MR) is 104 cm³/mol. The molecule has 0 aliphatic carbocycles. The molecule has 0 aromatic heterocycles. The minimum atomic E-state index is -0.660. The molecule has 0 radical (unpaired) electrons. The number of phenolic OH excluding ortho intramolecular Hbond substituents is 3. The average Bonchev–Trinajstić information content (AvgIpc) is 2.70. The van der Waals surface area contributed by atoms with Crippen molar-refractivity contribution in [1.82, 2.24) is 9.80 Å². The first kappa shape index (κ1) is 19.3. The van der Waals surface area contributed by atoms with Crippen molar-refractivity contribution in [2.75, 3.05) is 45.2 Å². The lowest BCUT2D eigenvalue weighted by Gasteiger charge is -2.35. The zero-order valence-electron chi connectivity index (χ0n) is 15.8. The topological polar surface area (TPSA) is 105 Å². The van der Waals surface area contributed by atoms with E-state index in [-0.39, 0.29) is 17.4 Å². The fourth-order valence-electron chi connectivity index (χ4n) is 3.11. The first-order valence-electron chi connectivity index (χ1n) is 8.89. The van der Waals surface area contributed by atoms with E-state index in [1.54, 1.807) is 21.9 Å².